The number of guanidine groups is 1. The Morgan fingerprint density at radius 3 is 2.72 bits per heavy atom. The maximum atomic E-state index is 12.9. The summed E-state index contributed by atoms with van der Waals surface area (Å²) in [6, 6.07) is 7.88. The van der Waals surface area contributed by atoms with Crippen LogP contribution in [0, 0.1) is 16.0 Å². The molecule has 0 aliphatic carbocycles. The van der Waals surface area contributed by atoms with Gasteiger partial charge >= 0.3 is 5.97 Å². The van der Waals surface area contributed by atoms with Gasteiger partial charge in [0.15, 0.2) is 5.03 Å². The van der Waals surface area contributed by atoms with E-state index in [2.05, 4.69) is 4.99 Å². The molecule has 12 heteroatoms. The number of carbonyl (C=O) groups is 2. The number of carbonyl (C=O) groups excluding carboxylic acids is 2. The molecule has 5 N–H and O–H groups in total. The first-order valence-corrected chi connectivity index (χ1v) is 10.3. The van der Waals surface area contributed by atoms with Crippen molar-refractivity contribution in [1.29, 1.82) is 0 Å². The summed E-state index contributed by atoms with van der Waals surface area (Å²) < 4.78 is 5.47. The summed E-state index contributed by atoms with van der Waals surface area (Å²) in [6.45, 7) is 2.82. The van der Waals surface area contributed by atoms with Gasteiger partial charge in [0.2, 0.25) is 5.91 Å². The van der Waals surface area contributed by atoms with Gasteiger partial charge in [-0.1, -0.05) is 42.7 Å². The minimum absolute atomic E-state index is 0. The largest absolute Gasteiger partial charge is 0.459 e. The van der Waals surface area contributed by atoms with Gasteiger partial charge < -0.3 is 21.1 Å². The molecule has 178 valence electrons. The van der Waals surface area contributed by atoms with Crippen molar-refractivity contribution in [1.82, 2.24) is 10.3 Å². The number of aliphatic imine (C=N–C) groups is 1. The summed E-state index contributed by atoms with van der Waals surface area (Å²) >= 11 is 0. The molecule has 1 aliphatic heterocycles. The van der Waals surface area contributed by atoms with E-state index >= 15 is 0 Å². The van der Waals surface area contributed by atoms with E-state index < -0.39 is 23.1 Å². The first-order valence-electron chi connectivity index (χ1n) is 10.3. The van der Waals surface area contributed by atoms with E-state index in [0.717, 1.165) is 12.0 Å². The van der Waals surface area contributed by atoms with Gasteiger partial charge in [0.1, 0.15) is 12.6 Å². The number of hydrogen-bond acceptors (Lipinski definition) is 7. The number of esters is 1. The molecule has 1 fully saturated rings. The molecule has 1 aromatic carbocycles. The quantitative estimate of drug-likeness (QED) is 0.120. The Hall–Kier alpha value is -2.92. The van der Waals surface area contributed by atoms with E-state index in [1.165, 1.54) is 4.90 Å². The van der Waals surface area contributed by atoms with Crippen LogP contribution in [0.3, 0.4) is 0 Å². The van der Waals surface area contributed by atoms with Crippen molar-refractivity contribution in [3.63, 3.8) is 0 Å². The molecule has 32 heavy (non-hydrogen) atoms. The molecular weight excluding hydrogens is 440 g/mol. The fraction of sp³-hybridized carbons (Fsp3) is 0.550. The Morgan fingerprint density at radius 1 is 1.38 bits per heavy atom. The molecule has 1 aromatic rings. The van der Waals surface area contributed by atoms with Gasteiger partial charge in [-0.15, -0.1) is 12.4 Å². The van der Waals surface area contributed by atoms with Gasteiger partial charge in [0.25, 0.3) is 5.96 Å². The lowest BCUT2D eigenvalue weighted by atomic mass is 9.91. The smallest absolute Gasteiger partial charge is 0.329 e. The van der Waals surface area contributed by atoms with Crippen molar-refractivity contribution in [3.05, 3.63) is 46.0 Å². The SMILES string of the molecule is C[C@@H]1CCN(C(=O)C(N)CCCN=C(N)N[N+](=O)[O-])[C@H](C(=O)OCc2ccccc2)C1.Cl. The zero-order chi connectivity index (χ0) is 22.8. The first kappa shape index (κ1) is 27.1. The number of nitrogens with zero attached hydrogens (tertiary/aromatic N) is 3. The highest BCUT2D eigenvalue weighted by Crippen LogP contribution is 2.25. The van der Waals surface area contributed by atoms with Gasteiger partial charge in [0, 0.05) is 13.1 Å². The van der Waals surface area contributed by atoms with Crippen molar-refractivity contribution in [3.8, 4) is 0 Å². The number of ether oxygens (including phenoxy) is 1. The molecule has 11 nitrogen and oxygen atoms in total. The molecule has 0 saturated carbocycles. The van der Waals surface area contributed by atoms with E-state index in [4.69, 9.17) is 16.2 Å². The average molecular weight is 471 g/mol. The predicted octanol–water partition coefficient (Wildman–Crippen LogP) is 0.982. The highest BCUT2D eigenvalue weighted by atomic mass is 35.5. The Kier molecular flexibility index (Phi) is 11.4. The van der Waals surface area contributed by atoms with Crippen molar-refractivity contribution in [2.45, 2.75) is 51.3 Å². The van der Waals surface area contributed by atoms with Gasteiger partial charge in [-0.25, -0.2) is 19.9 Å². The third-order valence-electron chi connectivity index (χ3n) is 5.12. The second-order valence-electron chi connectivity index (χ2n) is 7.65. The summed E-state index contributed by atoms with van der Waals surface area (Å²) in [4.78, 5) is 41.2. The molecule has 0 aromatic heterocycles. The molecule has 1 aliphatic rings. The third-order valence-corrected chi connectivity index (χ3v) is 5.12. The lowest BCUT2D eigenvalue weighted by Crippen LogP contribution is -2.55. The fourth-order valence-electron chi connectivity index (χ4n) is 3.43. The number of amides is 1. The van der Waals surface area contributed by atoms with Crippen LogP contribution in [0.1, 0.15) is 38.2 Å². The van der Waals surface area contributed by atoms with E-state index in [-0.39, 0.29) is 37.4 Å². The summed E-state index contributed by atoms with van der Waals surface area (Å²) in [6.07, 6.45) is 2.04. The molecule has 0 bridgehead atoms. The maximum absolute atomic E-state index is 12.9. The number of likely N-dealkylation sites (tertiary alicyclic amines) is 1. The lowest BCUT2D eigenvalue weighted by molar-refractivity contribution is -0.525. The molecule has 1 amide bonds. The molecule has 0 spiro atoms. The third kappa shape index (κ3) is 8.67. The minimum atomic E-state index is -0.808. The predicted molar refractivity (Wildman–Crippen MR) is 121 cm³/mol. The van der Waals surface area contributed by atoms with Crippen molar-refractivity contribution in [2.24, 2.45) is 22.4 Å². The van der Waals surface area contributed by atoms with Crippen LogP contribution < -0.4 is 16.9 Å². The number of hydrogen-bond donors (Lipinski definition) is 3. The molecule has 1 unspecified atom stereocenters. The number of nitrogens with two attached hydrogens (primary N) is 2. The molecule has 1 heterocycles. The van der Waals surface area contributed by atoms with Gasteiger partial charge in [-0.2, -0.15) is 0 Å². The van der Waals surface area contributed by atoms with Gasteiger partial charge in [0.05, 0.1) is 6.04 Å². The monoisotopic (exact) mass is 470 g/mol. The molecular formula is C20H31ClN6O5. The molecule has 3 atom stereocenters. The number of nitrogens with one attached hydrogen (secondary N) is 1. The van der Waals surface area contributed by atoms with E-state index in [1.807, 2.05) is 37.3 Å². The van der Waals surface area contributed by atoms with Crippen molar-refractivity contribution >= 4 is 30.2 Å². The van der Waals surface area contributed by atoms with Crippen molar-refractivity contribution in [2.75, 3.05) is 13.1 Å². The van der Waals surface area contributed by atoms with Crippen LogP contribution >= 0.6 is 12.4 Å². The minimum Gasteiger partial charge on any atom is -0.459 e. The van der Waals surface area contributed by atoms with Crippen molar-refractivity contribution < 1.29 is 19.4 Å². The van der Waals surface area contributed by atoms with Gasteiger partial charge in [-0.05, 0) is 37.2 Å². The zero-order valence-corrected chi connectivity index (χ0v) is 18.8. The summed E-state index contributed by atoms with van der Waals surface area (Å²) in [5.41, 5.74) is 14.0. The Balaban J connectivity index is 0.00000512. The highest BCUT2D eigenvalue weighted by molar-refractivity contribution is 5.87. The zero-order valence-electron chi connectivity index (χ0n) is 18.0. The van der Waals surface area contributed by atoms with Crippen LogP contribution in [0.5, 0.6) is 0 Å². The second-order valence-corrected chi connectivity index (χ2v) is 7.65. The summed E-state index contributed by atoms with van der Waals surface area (Å²) in [5, 5.41) is 9.47. The van der Waals surface area contributed by atoms with E-state index in [9.17, 15) is 19.7 Å². The Morgan fingerprint density at radius 2 is 2.06 bits per heavy atom. The number of benzene rings is 1. The Labute approximate surface area is 193 Å². The number of halogens is 1. The van der Waals surface area contributed by atoms with Crippen LogP contribution in [-0.4, -0.2) is 52.9 Å². The average Bonchev–Trinajstić information content (AvgIpc) is 2.74. The summed E-state index contributed by atoms with van der Waals surface area (Å²) in [7, 11) is 0. The Bertz CT molecular complexity index is 794. The van der Waals surface area contributed by atoms with Crippen LogP contribution in [0.15, 0.2) is 35.3 Å². The number of nitro groups is 1. The van der Waals surface area contributed by atoms with Crippen LogP contribution in [0.25, 0.3) is 0 Å². The highest BCUT2D eigenvalue weighted by Gasteiger charge is 2.37. The molecule has 1 saturated heterocycles. The number of piperidine rings is 1. The maximum Gasteiger partial charge on any atom is 0.329 e. The van der Waals surface area contributed by atoms with Crippen LogP contribution in [-0.2, 0) is 20.9 Å². The number of hydrazine groups is 1. The van der Waals surface area contributed by atoms with E-state index in [0.29, 0.717) is 31.7 Å². The standard InChI is InChI=1S/C20H30N6O5.ClH/c1-14-9-11-25(17(12-14)19(28)31-13-15-6-3-2-4-7-15)18(27)16(21)8-5-10-23-20(22)24-26(29)30;/h2-4,6-7,14,16-17H,5,8-13,21H2,1H3,(H3,22,23,24);1H/t14-,16?,17+;/m1./s1. The molecule has 0 radical (unpaired) electrons. The van der Waals surface area contributed by atoms with Crippen LogP contribution in [0.2, 0.25) is 0 Å². The summed E-state index contributed by atoms with van der Waals surface area (Å²) in [5.74, 6) is -0.759. The lowest BCUT2D eigenvalue weighted by Gasteiger charge is -2.38. The second kappa shape index (κ2) is 13.5. The molecule has 2 rings (SSSR count). The van der Waals surface area contributed by atoms with Gasteiger partial charge in [-0.3, -0.25) is 4.79 Å². The topological polar surface area (TPSA) is 166 Å². The van der Waals surface area contributed by atoms with Crippen LogP contribution in [0.4, 0.5) is 0 Å². The first-order chi connectivity index (χ1) is 14.8. The fourth-order valence-corrected chi connectivity index (χ4v) is 3.43. The van der Waals surface area contributed by atoms with E-state index in [1.54, 1.807) is 5.43 Å². The number of rotatable bonds is 9. The normalized spacial score (nSPS) is 19.4.